The van der Waals surface area contributed by atoms with Gasteiger partial charge in [-0.3, -0.25) is 0 Å². The van der Waals surface area contributed by atoms with E-state index in [1.54, 1.807) is 12.8 Å². The maximum absolute atomic E-state index is 2.52. The highest BCUT2D eigenvalue weighted by Crippen LogP contribution is 2.96. The Bertz CT molecular complexity index is 198. The van der Waals surface area contributed by atoms with Gasteiger partial charge in [0.1, 0.15) is 0 Å². The van der Waals surface area contributed by atoms with Crippen molar-refractivity contribution in [1.82, 2.24) is 0 Å². The molecule has 0 aromatic rings. The fourth-order valence-electron chi connectivity index (χ4n) is 4.19. The molecule has 0 nitrogen and oxygen atoms in total. The van der Waals surface area contributed by atoms with Crippen molar-refractivity contribution in [3.63, 3.8) is 0 Å². The first-order chi connectivity index (χ1) is 4.63. The molecule has 2 unspecified atom stereocenters. The highest BCUT2D eigenvalue weighted by molar-refractivity contribution is 5.38. The smallest absolute Gasteiger partial charge is 0.0196 e. The molecule has 4 aliphatic carbocycles. The zero-order valence-electron chi connectivity index (χ0n) is 7.15. The van der Waals surface area contributed by atoms with Crippen LogP contribution >= 0.6 is 0 Å². The molecule has 0 heterocycles. The minimum atomic E-state index is 0.789. The Morgan fingerprint density at radius 1 is 1.30 bits per heavy atom. The minimum Gasteiger partial charge on any atom is -0.0622 e. The van der Waals surface area contributed by atoms with Crippen LogP contribution in [0.2, 0.25) is 0 Å². The summed E-state index contributed by atoms with van der Waals surface area (Å²) >= 11 is 0. The Balaban J connectivity index is 1.97. The van der Waals surface area contributed by atoms with Crippen molar-refractivity contribution in [1.29, 1.82) is 0 Å². The highest BCUT2D eigenvalue weighted by atomic mass is 14.9. The second-order valence-electron chi connectivity index (χ2n) is 5.24. The summed E-state index contributed by atoms with van der Waals surface area (Å²) in [7, 11) is 0. The number of hydrogen-bond donors (Lipinski definition) is 0. The van der Waals surface area contributed by atoms with Gasteiger partial charge in [0.15, 0.2) is 0 Å². The van der Waals surface area contributed by atoms with Crippen LogP contribution in [0.15, 0.2) is 0 Å². The predicted molar refractivity (Wildman–Crippen MR) is 41.6 cm³/mol. The van der Waals surface area contributed by atoms with Gasteiger partial charge in [0, 0.05) is 0 Å². The predicted octanol–water partition coefficient (Wildman–Crippen LogP) is 2.69. The lowest BCUT2D eigenvalue weighted by molar-refractivity contribution is -0.00198. The molecule has 0 saturated heterocycles. The first-order valence-corrected chi connectivity index (χ1v) is 4.63. The van der Waals surface area contributed by atoms with Gasteiger partial charge < -0.3 is 0 Å². The van der Waals surface area contributed by atoms with Crippen LogP contribution < -0.4 is 0 Å². The van der Waals surface area contributed by atoms with Crippen LogP contribution in [0.5, 0.6) is 0 Å². The Kier molecular flexibility index (Phi) is 0.612. The van der Waals surface area contributed by atoms with Gasteiger partial charge in [-0.05, 0) is 41.4 Å². The van der Waals surface area contributed by atoms with Gasteiger partial charge in [0.05, 0.1) is 0 Å². The van der Waals surface area contributed by atoms with Gasteiger partial charge >= 0.3 is 0 Å². The van der Waals surface area contributed by atoms with Crippen molar-refractivity contribution in [3.8, 4) is 0 Å². The summed E-state index contributed by atoms with van der Waals surface area (Å²) in [5.41, 5.74) is 1.70. The average molecular weight is 136 g/mol. The van der Waals surface area contributed by atoms with Crippen LogP contribution in [-0.2, 0) is 0 Å². The fourth-order valence-corrected chi connectivity index (χ4v) is 4.19. The molecule has 4 fully saturated rings. The molecule has 10 heavy (non-hydrogen) atoms. The van der Waals surface area contributed by atoms with Crippen LogP contribution in [-0.4, -0.2) is 0 Å². The quantitative estimate of drug-likeness (QED) is 0.520. The first kappa shape index (κ1) is 5.62. The summed E-state index contributed by atoms with van der Waals surface area (Å²) in [6, 6.07) is 0. The normalized spacial score (nSPS) is 68.4. The van der Waals surface area contributed by atoms with E-state index in [1.165, 1.54) is 11.8 Å². The molecule has 0 heteroatoms. The Morgan fingerprint density at radius 3 is 1.90 bits per heavy atom. The molecule has 4 rings (SSSR count). The van der Waals surface area contributed by atoms with Gasteiger partial charge in [-0.2, -0.15) is 0 Å². The Hall–Kier alpha value is 0. The molecule has 4 saturated carbocycles. The topological polar surface area (TPSA) is 0 Å². The van der Waals surface area contributed by atoms with Gasteiger partial charge in [-0.15, -0.1) is 0 Å². The third-order valence-corrected chi connectivity index (χ3v) is 5.15. The molecule has 0 aromatic heterocycles. The van der Waals surface area contributed by atoms with Crippen LogP contribution in [0.1, 0.15) is 33.6 Å². The molecular weight excluding hydrogens is 120 g/mol. The van der Waals surface area contributed by atoms with E-state index < -0.39 is 0 Å². The lowest BCUT2D eigenvalue weighted by atomic mass is 9.55. The van der Waals surface area contributed by atoms with Crippen LogP contribution in [0, 0.1) is 28.6 Å². The lowest BCUT2D eigenvalue weighted by Gasteiger charge is -2.49. The molecule has 2 bridgehead atoms. The van der Waals surface area contributed by atoms with Gasteiger partial charge in [-0.25, -0.2) is 0 Å². The zero-order valence-corrected chi connectivity index (χ0v) is 7.15. The van der Waals surface area contributed by atoms with E-state index in [-0.39, 0.29) is 0 Å². The second-order valence-corrected chi connectivity index (χ2v) is 5.24. The monoisotopic (exact) mass is 136 g/mol. The van der Waals surface area contributed by atoms with E-state index in [1.807, 2.05) is 0 Å². The molecule has 1 spiro atoms. The number of hydrogen-bond acceptors (Lipinski definition) is 0. The molecule has 56 valence electrons. The molecule has 4 aliphatic rings. The van der Waals surface area contributed by atoms with Crippen molar-refractivity contribution >= 4 is 0 Å². The summed E-state index contributed by atoms with van der Waals surface area (Å²) in [4.78, 5) is 0. The lowest BCUT2D eigenvalue weighted by Crippen LogP contribution is -2.41. The molecule has 0 aliphatic heterocycles. The van der Waals surface area contributed by atoms with Crippen molar-refractivity contribution < 1.29 is 0 Å². The SMILES string of the molecule is CC(C)C1(C)C2C3CC21C3. The summed E-state index contributed by atoms with van der Waals surface area (Å²) in [5.74, 6) is 3.29. The average Bonchev–Trinajstić information content (AvgIpc) is 1.87. The van der Waals surface area contributed by atoms with Crippen LogP contribution in [0.25, 0.3) is 0 Å². The van der Waals surface area contributed by atoms with E-state index in [2.05, 4.69) is 20.8 Å². The van der Waals surface area contributed by atoms with E-state index in [4.69, 9.17) is 0 Å². The third-order valence-electron chi connectivity index (χ3n) is 5.15. The van der Waals surface area contributed by atoms with Crippen LogP contribution in [0.3, 0.4) is 0 Å². The summed E-state index contributed by atoms with van der Waals surface area (Å²) in [5, 5.41) is 0. The highest BCUT2D eigenvalue weighted by Gasteiger charge is 2.90. The maximum Gasteiger partial charge on any atom is -0.0196 e. The maximum atomic E-state index is 2.52. The largest absolute Gasteiger partial charge is 0.0622 e. The fraction of sp³-hybridized carbons (Fsp3) is 1.00. The van der Waals surface area contributed by atoms with Gasteiger partial charge in [-0.1, -0.05) is 20.8 Å². The van der Waals surface area contributed by atoms with Gasteiger partial charge in [0.2, 0.25) is 0 Å². The van der Waals surface area contributed by atoms with E-state index >= 15 is 0 Å². The van der Waals surface area contributed by atoms with Gasteiger partial charge in [0.25, 0.3) is 0 Å². The van der Waals surface area contributed by atoms with E-state index in [0.29, 0.717) is 0 Å². The Morgan fingerprint density at radius 2 is 1.80 bits per heavy atom. The molecule has 0 radical (unpaired) electrons. The van der Waals surface area contributed by atoms with Crippen molar-refractivity contribution in [3.05, 3.63) is 0 Å². The molecule has 0 aromatic carbocycles. The molecule has 0 amide bonds. The zero-order chi connectivity index (χ0) is 7.15. The van der Waals surface area contributed by atoms with Crippen molar-refractivity contribution in [2.45, 2.75) is 33.6 Å². The summed E-state index contributed by atoms with van der Waals surface area (Å²) in [6.07, 6.45) is 3.18. The Labute approximate surface area is 63.0 Å². The van der Waals surface area contributed by atoms with E-state index in [0.717, 1.165) is 16.7 Å². The minimum absolute atomic E-state index is 0.789. The standard InChI is InChI=1S/C10H16/c1-6(2)9(3)8-7-4-10(8,9)5-7/h6-8H,4-5H2,1-3H3. The van der Waals surface area contributed by atoms with Crippen molar-refractivity contribution in [2.24, 2.45) is 28.6 Å². The first-order valence-electron chi connectivity index (χ1n) is 4.63. The summed E-state index contributed by atoms with van der Waals surface area (Å²) in [6.45, 7) is 7.33. The molecule has 0 N–H and O–H groups in total. The van der Waals surface area contributed by atoms with Crippen LogP contribution in [0.4, 0.5) is 0 Å². The van der Waals surface area contributed by atoms with E-state index in [9.17, 15) is 0 Å². The molecule has 2 atom stereocenters. The second kappa shape index (κ2) is 1.09. The molecular formula is C10H16. The van der Waals surface area contributed by atoms with Crippen molar-refractivity contribution in [2.75, 3.05) is 0 Å². The summed E-state index contributed by atoms with van der Waals surface area (Å²) < 4.78 is 0. The number of rotatable bonds is 1. The third kappa shape index (κ3) is 0.258.